The van der Waals surface area contributed by atoms with Gasteiger partial charge in [0.2, 0.25) is 12.7 Å². The highest BCUT2D eigenvalue weighted by molar-refractivity contribution is 5.98. The van der Waals surface area contributed by atoms with Crippen molar-refractivity contribution in [2.45, 2.75) is 25.4 Å². The maximum Gasteiger partial charge on any atom is 0.254 e. The van der Waals surface area contributed by atoms with Crippen LogP contribution in [0.3, 0.4) is 0 Å². The number of nitrogens with zero attached hydrogens (tertiary/aromatic N) is 2. The Hall–Kier alpha value is -3.03. The average Bonchev–Trinajstić information content (AvgIpc) is 3.39. The number of hydrogen-bond acceptors (Lipinski definition) is 5. The van der Waals surface area contributed by atoms with Crippen LogP contribution in [0, 0.1) is 0 Å². The van der Waals surface area contributed by atoms with Crippen molar-refractivity contribution in [3.63, 3.8) is 0 Å². The van der Waals surface area contributed by atoms with Crippen LogP contribution in [-0.2, 0) is 11.3 Å². The van der Waals surface area contributed by atoms with Gasteiger partial charge in [0.05, 0.1) is 12.2 Å². The average molecular weight is 342 g/mol. The lowest BCUT2D eigenvalue weighted by Gasteiger charge is -2.24. The molecule has 0 bridgehead atoms. The van der Waals surface area contributed by atoms with Crippen molar-refractivity contribution >= 4 is 11.8 Å². The molecule has 0 radical (unpaired) electrons. The van der Waals surface area contributed by atoms with E-state index in [0.29, 0.717) is 36.6 Å². The van der Waals surface area contributed by atoms with Gasteiger partial charge >= 0.3 is 0 Å². The summed E-state index contributed by atoms with van der Waals surface area (Å²) in [7, 11) is 0. The fourth-order valence-electron chi connectivity index (χ4n) is 3.16. The Labute approximate surface area is 144 Å². The number of amides is 2. The van der Waals surface area contributed by atoms with E-state index in [1.807, 2.05) is 0 Å². The molecule has 1 aromatic carbocycles. The number of ether oxygens (including phenoxy) is 2. The zero-order valence-corrected chi connectivity index (χ0v) is 13.5. The molecule has 8 nitrogen and oxygen atoms in total. The third-order valence-corrected chi connectivity index (χ3v) is 4.45. The summed E-state index contributed by atoms with van der Waals surface area (Å²) < 4.78 is 10.6. The van der Waals surface area contributed by atoms with Crippen LogP contribution in [0.5, 0.6) is 11.5 Å². The maximum absolute atomic E-state index is 12.8. The van der Waals surface area contributed by atoms with Crippen LogP contribution in [0.1, 0.15) is 28.9 Å². The Balaban J connectivity index is 1.45. The molecule has 2 N–H and O–H groups in total. The fourth-order valence-corrected chi connectivity index (χ4v) is 3.16. The van der Waals surface area contributed by atoms with Gasteiger partial charge in [0.1, 0.15) is 6.04 Å². The monoisotopic (exact) mass is 342 g/mol. The molecule has 2 aromatic rings. The minimum atomic E-state index is -0.458. The topological polar surface area (TPSA) is 96.6 Å². The van der Waals surface area contributed by atoms with Crippen molar-refractivity contribution in [2.24, 2.45) is 0 Å². The molecule has 2 amide bonds. The van der Waals surface area contributed by atoms with Gasteiger partial charge in [-0.1, -0.05) is 0 Å². The lowest BCUT2D eigenvalue weighted by atomic mass is 10.1. The summed E-state index contributed by atoms with van der Waals surface area (Å²) in [5.41, 5.74) is 1.32. The van der Waals surface area contributed by atoms with Crippen molar-refractivity contribution < 1.29 is 19.1 Å². The number of hydrogen-bond donors (Lipinski definition) is 2. The van der Waals surface area contributed by atoms with Gasteiger partial charge in [-0.25, -0.2) is 0 Å². The zero-order chi connectivity index (χ0) is 17.2. The minimum Gasteiger partial charge on any atom is -0.454 e. The normalized spacial score (nSPS) is 18.4. The number of aromatic nitrogens is 2. The molecule has 1 saturated heterocycles. The molecule has 3 heterocycles. The SMILES string of the molecule is O=C(NCc1ccn[nH]1)[C@@H]1CCCN1C(=O)c1ccc2c(c1)OCO2. The lowest BCUT2D eigenvalue weighted by Crippen LogP contribution is -2.45. The Morgan fingerprint density at radius 2 is 2.16 bits per heavy atom. The number of fused-ring (bicyclic) bond motifs is 1. The third-order valence-electron chi connectivity index (χ3n) is 4.45. The minimum absolute atomic E-state index is 0.152. The molecule has 25 heavy (non-hydrogen) atoms. The number of benzene rings is 1. The van der Waals surface area contributed by atoms with Gasteiger partial charge in [0.25, 0.3) is 5.91 Å². The first-order valence-corrected chi connectivity index (χ1v) is 8.19. The number of H-pyrrole nitrogens is 1. The molecule has 2 aliphatic rings. The molecule has 1 fully saturated rings. The van der Waals surface area contributed by atoms with E-state index in [-0.39, 0.29) is 18.6 Å². The highest BCUT2D eigenvalue weighted by atomic mass is 16.7. The number of carbonyl (C=O) groups excluding carboxylic acids is 2. The van der Waals surface area contributed by atoms with E-state index >= 15 is 0 Å². The first-order chi connectivity index (χ1) is 12.2. The predicted octanol–water partition coefficient (Wildman–Crippen LogP) is 1.06. The Kier molecular flexibility index (Phi) is 4.01. The van der Waals surface area contributed by atoms with Crippen LogP contribution in [0.2, 0.25) is 0 Å². The van der Waals surface area contributed by atoms with E-state index in [2.05, 4.69) is 15.5 Å². The summed E-state index contributed by atoms with van der Waals surface area (Å²) in [5.74, 6) is 0.871. The standard InChI is InChI=1S/C17H18N4O4/c22-16(18-9-12-5-6-19-20-12)13-2-1-7-21(13)17(23)11-3-4-14-15(8-11)25-10-24-14/h3-6,8,13H,1-2,7,9-10H2,(H,18,22)(H,19,20)/t13-/m0/s1. The lowest BCUT2D eigenvalue weighted by molar-refractivity contribution is -0.125. The molecule has 1 aromatic heterocycles. The summed E-state index contributed by atoms with van der Waals surface area (Å²) in [6.07, 6.45) is 3.09. The van der Waals surface area contributed by atoms with Crippen molar-refractivity contribution in [2.75, 3.05) is 13.3 Å². The molecule has 0 unspecified atom stereocenters. The van der Waals surface area contributed by atoms with E-state index < -0.39 is 6.04 Å². The van der Waals surface area contributed by atoms with Crippen LogP contribution in [0.25, 0.3) is 0 Å². The largest absolute Gasteiger partial charge is 0.454 e. The molecule has 130 valence electrons. The number of aromatic amines is 1. The second-order valence-electron chi connectivity index (χ2n) is 6.02. The summed E-state index contributed by atoms with van der Waals surface area (Å²) >= 11 is 0. The van der Waals surface area contributed by atoms with Gasteiger partial charge in [0, 0.05) is 18.3 Å². The van der Waals surface area contributed by atoms with Crippen molar-refractivity contribution in [1.82, 2.24) is 20.4 Å². The van der Waals surface area contributed by atoms with Gasteiger partial charge in [-0.05, 0) is 37.1 Å². The van der Waals surface area contributed by atoms with Gasteiger partial charge in [-0.3, -0.25) is 14.7 Å². The van der Waals surface area contributed by atoms with E-state index in [9.17, 15) is 9.59 Å². The molecular formula is C17H18N4O4. The number of likely N-dealkylation sites (tertiary alicyclic amines) is 1. The van der Waals surface area contributed by atoms with Gasteiger partial charge in [-0.2, -0.15) is 5.10 Å². The summed E-state index contributed by atoms with van der Waals surface area (Å²) in [6, 6.07) is 6.43. The van der Waals surface area contributed by atoms with Crippen LogP contribution in [-0.4, -0.2) is 46.3 Å². The van der Waals surface area contributed by atoms with Crippen LogP contribution in [0.15, 0.2) is 30.5 Å². The molecule has 4 rings (SSSR count). The zero-order valence-electron chi connectivity index (χ0n) is 13.5. The molecular weight excluding hydrogens is 324 g/mol. The summed E-state index contributed by atoms with van der Waals surface area (Å²) in [4.78, 5) is 26.9. The van der Waals surface area contributed by atoms with E-state index in [1.54, 1.807) is 35.4 Å². The maximum atomic E-state index is 12.8. The van der Waals surface area contributed by atoms with Crippen LogP contribution >= 0.6 is 0 Å². The predicted molar refractivity (Wildman–Crippen MR) is 87.1 cm³/mol. The molecule has 8 heteroatoms. The second kappa shape index (κ2) is 6.46. The molecule has 0 aliphatic carbocycles. The number of rotatable bonds is 4. The van der Waals surface area contributed by atoms with E-state index in [1.165, 1.54) is 0 Å². The quantitative estimate of drug-likeness (QED) is 0.866. The smallest absolute Gasteiger partial charge is 0.254 e. The van der Waals surface area contributed by atoms with Crippen molar-refractivity contribution in [3.8, 4) is 11.5 Å². The van der Waals surface area contributed by atoms with Crippen LogP contribution in [0.4, 0.5) is 0 Å². The molecule has 0 spiro atoms. The second-order valence-corrected chi connectivity index (χ2v) is 6.02. The number of carbonyl (C=O) groups is 2. The molecule has 2 aliphatic heterocycles. The Morgan fingerprint density at radius 1 is 1.28 bits per heavy atom. The van der Waals surface area contributed by atoms with E-state index in [0.717, 1.165) is 12.1 Å². The first kappa shape index (κ1) is 15.5. The highest BCUT2D eigenvalue weighted by Gasteiger charge is 2.34. The number of nitrogens with one attached hydrogen (secondary N) is 2. The van der Waals surface area contributed by atoms with E-state index in [4.69, 9.17) is 9.47 Å². The van der Waals surface area contributed by atoms with Gasteiger partial charge in [0.15, 0.2) is 11.5 Å². The molecule has 1 atom stereocenters. The van der Waals surface area contributed by atoms with Crippen molar-refractivity contribution in [3.05, 3.63) is 41.7 Å². The fraction of sp³-hybridized carbons (Fsp3) is 0.353. The summed E-state index contributed by atoms with van der Waals surface area (Å²) in [6.45, 7) is 1.09. The van der Waals surface area contributed by atoms with Crippen molar-refractivity contribution in [1.29, 1.82) is 0 Å². The highest BCUT2D eigenvalue weighted by Crippen LogP contribution is 2.33. The molecule has 0 saturated carbocycles. The Morgan fingerprint density at radius 3 is 3.00 bits per heavy atom. The third kappa shape index (κ3) is 3.02. The van der Waals surface area contributed by atoms with Gasteiger partial charge in [-0.15, -0.1) is 0 Å². The van der Waals surface area contributed by atoms with Crippen LogP contribution < -0.4 is 14.8 Å². The van der Waals surface area contributed by atoms with Gasteiger partial charge < -0.3 is 19.7 Å². The first-order valence-electron chi connectivity index (χ1n) is 8.19. The summed E-state index contributed by atoms with van der Waals surface area (Å²) in [5, 5.41) is 9.50. The Bertz CT molecular complexity index is 790.